The van der Waals surface area contributed by atoms with Crippen molar-refractivity contribution >= 4 is 40.9 Å². The normalized spacial score (nSPS) is 18.5. The molecular weight excluding hydrogens is 402 g/mol. The van der Waals surface area contributed by atoms with Crippen LogP contribution in [0.1, 0.15) is 22.8 Å². The number of hydrogen-bond acceptors (Lipinski definition) is 6. The topological polar surface area (TPSA) is 73.9 Å². The van der Waals surface area contributed by atoms with Crippen LogP contribution in [0.5, 0.6) is 11.5 Å². The van der Waals surface area contributed by atoms with Gasteiger partial charge in [-0.25, -0.2) is 0 Å². The minimum absolute atomic E-state index is 0.0441. The van der Waals surface area contributed by atoms with E-state index in [0.29, 0.717) is 22.2 Å². The van der Waals surface area contributed by atoms with Crippen LogP contribution in [0, 0.1) is 0 Å². The number of carbonyl (C=O) groups is 2. The first kappa shape index (κ1) is 20.4. The number of hydrogen-bond donors (Lipinski definition) is 1. The summed E-state index contributed by atoms with van der Waals surface area (Å²) in [4.78, 5) is 24.6. The van der Waals surface area contributed by atoms with Crippen molar-refractivity contribution in [2.45, 2.75) is 16.9 Å². The van der Waals surface area contributed by atoms with Crippen LogP contribution in [0.3, 0.4) is 0 Å². The summed E-state index contributed by atoms with van der Waals surface area (Å²) in [5.74, 6) is 0.438. The summed E-state index contributed by atoms with van der Waals surface area (Å²) >= 11 is 7.59. The van der Waals surface area contributed by atoms with Crippen molar-refractivity contribution in [3.63, 3.8) is 0 Å². The third kappa shape index (κ3) is 4.05. The molecular formula is C20H20ClNO5S. The Balaban J connectivity index is 2.15. The van der Waals surface area contributed by atoms with E-state index in [-0.39, 0.29) is 17.6 Å². The highest BCUT2D eigenvalue weighted by atomic mass is 35.5. The summed E-state index contributed by atoms with van der Waals surface area (Å²) in [6.45, 7) is 0. The van der Waals surface area contributed by atoms with E-state index in [1.807, 2.05) is 18.2 Å². The molecule has 0 spiro atoms. The maximum absolute atomic E-state index is 12.7. The van der Waals surface area contributed by atoms with E-state index in [0.717, 1.165) is 11.1 Å². The van der Waals surface area contributed by atoms with Gasteiger partial charge in [0.15, 0.2) is 11.5 Å². The molecule has 0 fully saturated rings. The second-order valence-corrected chi connectivity index (χ2v) is 7.84. The van der Waals surface area contributed by atoms with E-state index in [1.54, 1.807) is 32.4 Å². The molecule has 8 heteroatoms. The van der Waals surface area contributed by atoms with Crippen LogP contribution in [0.2, 0.25) is 5.02 Å². The minimum atomic E-state index is -0.639. The summed E-state index contributed by atoms with van der Waals surface area (Å²) in [7, 11) is 4.44. The van der Waals surface area contributed by atoms with Crippen LogP contribution in [0.15, 0.2) is 36.4 Å². The van der Waals surface area contributed by atoms with Crippen molar-refractivity contribution in [2.75, 3.05) is 26.6 Å². The number of benzene rings is 2. The monoisotopic (exact) mass is 421 g/mol. The first-order valence-corrected chi connectivity index (χ1v) is 9.84. The Morgan fingerprint density at radius 2 is 1.93 bits per heavy atom. The number of carbonyl (C=O) groups excluding carboxylic acids is 2. The van der Waals surface area contributed by atoms with Gasteiger partial charge in [0, 0.05) is 16.3 Å². The number of fused-ring (bicyclic) bond motifs is 1. The van der Waals surface area contributed by atoms with Crippen molar-refractivity contribution < 1.29 is 23.8 Å². The number of halogens is 1. The highest BCUT2D eigenvalue weighted by Crippen LogP contribution is 2.49. The largest absolute Gasteiger partial charge is 0.493 e. The first-order chi connectivity index (χ1) is 13.5. The van der Waals surface area contributed by atoms with Crippen LogP contribution in [0.25, 0.3) is 0 Å². The van der Waals surface area contributed by atoms with Gasteiger partial charge in [0.05, 0.1) is 38.3 Å². The van der Waals surface area contributed by atoms with E-state index in [4.69, 9.17) is 25.8 Å². The molecule has 1 aliphatic heterocycles. The molecule has 2 aromatic carbocycles. The third-order valence-electron chi connectivity index (χ3n) is 4.44. The summed E-state index contributed by atoms with van der Waals surface area (Å²) in [5.41, 5.74) is 2.29. The second-order valence-electron chi connectivity index (χ2n) is 6.09. The van der Waals surface area contributed by atoms with E-state index < -0.39 is 11.2 Å². The Morgan fingerprint density at radius 1 is 1.14 bits per heavy atom. The maximum atomic E-state index is 12.7. The van der Waals surface area contributed by atoms with Gasteiger partial charge in [-0.1, -0.05) is 23.7 Å². The standard InChI is InChI=1S/C20H20ClNO5S/c1-25-15-6-4-5-12(18(15)27-3)19-13-9-11(21)7-8-14(13)22-20(24)16(28-19)10-17(23)26-2/h4-9,16,19H,10H2,1-3H3,(H,22,24). The van der Waals surface area contributed by atoms with Crippen LogP contribution in [-0.4, -0.2) is 38.5 Å². The van der Waals surface area contributed by atoms with Crippen molar-refractivity contribution in [1.29, 1.82) is 0 Å². The number of thioether (sulfide) groups is 1. The van der Waals surface area contributed by atoms with Crippen molar-refractivity contribution in [3.05, 3.63) is 52.5 Å². The average molecular weight is 422 g/mol. The Kier molecular flexibility index (Phi) is 6.36. The van der Waals surface area contributed by atoms with Crippen molar-refractivity contribution in [2.24, 2.45) is 0 Å². The molecule has 2 atom stereocenters. The van der Waals surface area contributed by atoms with Gasteiger partial charge in [-0.2, -0.15) is 0 Å². The number of para-hydroxylation sites is 1. The molecule has 2 aromatic rings. The van der Waals surface area contributed by atoms with Crippen molar-refractivity contribution in [3.8, 4) is 11.5 Å². The lowest BCUT2D eigenvalue weighted by Gasteiger charge is -2.23. The first-order valence-electron chi connectivity index (χ1n) is 8.52. The number of anilines is 1. The van der Waals surface area contributed by atoms with Crippen molar-refractivity contribution in [1.82, 2.24) is 0 Å². The lowest BCUT2D eigenvalue weighted by molar-refractivity contribution is -0.141. The highest BCUT2D eigenvalue weighted by molar-refractivity contribution is 8.01. The molecule has 1 N–H and O–H groups in total. The fourth-order valence-electron chi connectivity index (χ4n) is 3.11. The van der Waals surface area contributed by atoms with Gasteiger partial charge >= 0.3 is 5.97 Å². The smallest absolute Gasteiger partial charge is 0.307 e. The zero-order chi connectivity index (χ0) is 20.3. The van der Waals surface area contributed by atoms with Gasteiger partial charge in [-0.3, -0.25) is 9.59 Å². The molecule has 148 valence electrons. The maximum Gasteiger partial charge on any atom is 0.307 e. The summed E-state index contributed by atoms with van der Waals surface area (Å²) in [6.07, 6.45) is -0.0441. The molecule has 1 heterocycles. The van der Waals surface area contributed by atoms with Gasteiger partial charge < -0.3 is 19.5 Å². The third-order valence-corrected chi connectivity index (χ3v) is 6.17. The summed E-state index contributed by atoms with van der Waals surface area (Å²) in [5, 5.41) is 2.49. The van der Waals surface area contributed by atoms with E-state index >= 15 is 0 Å². The van der Waals surface area contributed by atoms with Gasteiger partial charge in [-0.15, -0.1) is 11.8 Å². The number of amides is 1. The zero-order valence-corrected chi connectivity index (χ0v) is 17.2. The molecule has 1 aliphatic rings. The summed E-state index contributed by atoms with van der Waals surface area (Å²) in [6, 6.07) is 10.9. The fraction of sp³-hybridized carbons (Fsp3) is 0.300. The molecule has 0 saturated carbocycles. The Morgan fingerprint density at radius 3 is 2.61 bits per heavy atom. The predicted octanol–water partition coefficient (Wildman–Crippen LogP) is 4.06. The number of methoxy groups -OCH3 is 3. The van der Waals surface area contributed by atoms with Crippen LogP contribution in [0.4, 0.5) is 5.69 Å². The number of nitrogens with one attached hydrogen (secondary N) is 1. The fourth-order valence-corrected chi connectivity index (χ4v) is 4.71. The molecule has 28 heavy (non-hydrogen) atoms. The number of ether oxygens (including phenoxy) is 3. The predicted molar refractivity (Wildman–Crippen MR) is 109 cm³/mol. The molecule has 0 saturated heterocycles. The van der Waals surface area contributed by atoms with Gasteiger partial charge in [-0.05, 0) is 29.8 Å². The van der Waals surface area contributed by atoms with Gasteiger partial charge in [0.2, 0.25) is 5.91 Å². The van der Waals surface area contributed by atoms with Gasteiger partial charge in [0.1, 0.15) is 0 Å². The Bertz CT molecular complexity index is 904. The highest BCUT2D eigenvalue weighted by Gasteiger charge is 2.35. The molecule has 3 rings (SSSR count). The van der Waals surface area contributed by atoms with Crippen LogP contribution >= 0.6 is 23.4 Å². The zero-order valence-electron chi connectivity index (χ0n) is 15.7. The molecule has 1 amide bonds. The summed E-state index contributed by atoms with van der Waals surface area (Å²) < 4.78 is 15.8. The second kappa shape index (κ2) is 8.75. The van der Waals surface area contributed by atoms with E-state index in [2.05, 4.69) is 5.32 Å². The molecule has 0 aliphatic carbocycles. The Hall–Kier alpha value is -2.38. The van der Waals surface area contributed by atoms with E-state index in [1.165, 1.54) is 18.9 Å². The van der Waals surface area contributed by atoms with E-state index in [9.17, 15) is 9.59 Å². The molecule has 0 aromatic heterocycles. The SMILES string of the molecule is COC(=O)CC1SC(c2cccc(OC)c2OC)c2cc(Cl)ccc2NC1=O. The average Bonchev–Trinajstić information content (AvgIpc) is 2.83. The van der Waals surface area contributed by atoms with Gasteiger partial charge in [0.25, 0.3) is 0 Å². The Labute approximate surface area is 172 Å². The van der Waals surface area contributed by atoms with Crippen LogP contribution in [-0.2, 0) is 14.3 Å². The number of esters is 1. The lowest BCUT2D eigenvalue weighted by Crippen LogP contribution is -2.27. The molecule has 0 radical (unpaired) electrons. The van der Waals surface area contributed by atoms with Crippen LogP contribution < -0.4 is 14.8 Å². The minimum Gasteiger partial charge on any atom is -0.493 e. The molecule has 6 nitrogen and oxygen atoms in total. The lowest BCUT2D eigenvalue weighted by atomic mass is 10.0. The quantitative estimate of drug-likeness (QED) is 0.734. The number of rotatable bonds is 5. The molecule has 0 bridgehead atoms. The molecule has 2 unspecified atom stereocenters.